The van der Waals surface area contributed by atoms with Gasteiger partial charge in [0.1, 0.15) is 0 Å². The van der Waals surface area contributed by atoms with E-state index in [0.717, 1.165) is 25.7 Å². The fourth-order valence-corrected chi connectivity index (χ4v) is 2.85. The summed E-state index contributed by atoms with van der Waals surface area (Å²) in [4.78, 5) is 23.6. The number of aliphatic hydroxyl groups is 1. The van der Waals surface area contributed by atoms with E-state index in [-0.39, 0.29) is 36.1 Å². The molecule has 0 bridgehead atoms. The van der Waals surface area contributed by atoms with Gasteiger partial charge in [0, 0.05) is 11.8 Å². The normalized spacial score (nSPS) is 37.9. The molecule has 1 unspecified atom stereocenters. The molecule has 0 spiro atoms. The summed E-state index contributed by atoms with van der Waals surface area (Å²) in [6, 6.07) is 0. The fourth-order valence-electron chi connectivity index (χ4n) is 2.85. The largest absolute Gasteiger partial charge is 0.463 e. The highest BCUT2D eigenvalue weighted by Gasteiger charge is 2.36. The number of rotatable bonds is 0. The van der Waals surface area contributed by atoms with Gasteiger partial charge in [-0.2, -0.15) is 0 Å². The summed E-state index contributed by atoms with van der Waals surface area (Å²) < 4.78 is 5.27. The first-order chi connectivity index (χ1) is 8.58. The minimum atomic E-state index is -0.713. The molecule has 100 valence electrons. The molecule has 0 aromatic heterocycles. The quantitative estimate of drug-likeness (QED) is 0.665. The van der Waals surface area contributed by atoms with Crippen LogP contribution in [0, 0.1) is 11.8 Å². The van der Waals surface area contributed by atoms with Crippen LogP contribution in [-0.2, 0) is 14.3 Å². The molecule has 0 aromatic rings. The lowest BCUT2D eigenvalue weighted by atomic mass is 9.75. The van der Waals surface area contributed by atoms with E-state index >= 15 is 0 Å². The number of hydrogen-bond acceptors (Lipinski definition) is 4. The maximum Gasteiger partial charge on any atom is 0.306 e. The van der Waals surface area contributed by atoms with E-state index < -0.39 is 6.10 Å². The average Bonchev–Trinajstić information content (AvgIpc) is 2.31. The topological polar surface area (TPSA) is 63.6 Å². The summed E-state index contributed by atoms with van der Waals surface area (Å²) in [5.41, 5.74) is 0. The van der Waals surface area contributed by atoms with Gasteiger partial charge in [0.25, 0.3) is 0 Å². The van der Waals surface area contributed by atoms with Crippen molar-refractivity contribution in [3.8, 4) is 0 Å². The number of aliphatic hydroxyl groups excluding tert-OH is 1. The molecular weight excluding hydrogens is 232 g/mol. The zero-order valence-corrected chi connectivity index (χ0v) is 10.7. The van der Waals surface area contributed by atoms with Crippen molar-refractivity contribution in [2.75, 3.05) is 0 Å². The first-order valence-electron chi connectivity index (χ1n) is 6.67. The maximum absolute atomic E-state index is 11.9. The molecule has 4 nitrogen and oxygen atoms in total. The molecule has 1 aliphatic carbocycles. The number of fused-ring (bicyclic) bond motifs is 1. The third kappa shape index (κ3) is 2.99. The lowest BCUT2D eigenvalue weighted by molar-refractivity contribution is -0.152. The van der Waals surface area contributed by atoms with Gasteiger partial charge in [0.15, 0.2) is 5.78 Å². The molecule has 1 heterocycles. The van der Waals surface area contributed by atoms with Crippen LogP contribution in [0.2, 0.25) is 0 Å². The molecule has 18 heavy (non-hydrogen) atoms. The van der Waals surface area contributed by atoms with E-state index in [4.69, 9.17) is 4.74 Å². The number of carbonyl (C=O) groups is 2. The van der Waals surface area contributed by atoms with Gasteiger partial charge < -0.3 is 9.84 Å². The van der Waals surface area contributed by atoms with Gasteiger partial charge in [-0.25, -0.2) is 0 Å². The molecule has 2 aliphatic rings. The Bertz CT molecular complexity index is 361. The van der Waals surface area contributed by atoms with Crippen molar-refractivity contribution in [3.63, 3.8) is 0 Å². The smallest absolute Gasteiger partial charge is 0.306 e. The first kappa shape index (κ1) is 13.3. The minimum Gasteiger partial charge on any atom is -0.463 e. The Hall–Kier alpha value is -1.16. The lowest BCUT2D eigenvalue weighted by Crippen LogP contribution is -2.37. The van der Waals surface area contributed by atoms with Crippen molar-refractivity contribution in [3.05, 3.63) is 12.2 Å². The molecule has 4 atom stereocenters. The number of ketones is 1. The second kappa shape index (κ2) is 5.65. The monoisotopic (exact) mass is 252 g/mol. The Morgan fingerprint density at radius 1 is 1.28 bits per heavy atom. The van der Waals surface area contributed by atoms with E-state index in [1.807, 2.05) is 6.92 Å². The lowest BCUT2D eigenvalue weighted by Gasteiger charge is -2.31. The van der Waals surface area contributed by atoms with Crippen LogP contribution in [0.25, 0.3) is 0 Å². The summed E-state index contributed by atoms with van der Waals surface area (Å²) in [5, 5.41) is 9.94. The molecule has 0 saturated carbocycles. The Morgan fingerprint density at radius 2 is 2.00 bits per heavy atom. The SMILES string of the molecule is CC1CCCC[C@@H]2C(=O)C=C[C@H](O)[C@@H]2CC(=O)O1. The van der Waals surface area contributed by atoms with Gasteiger partial charge in [0.05, 0.1) is 18.6 Å². The molecule has 0 aromatic carbocycles. The van der Waals surface area contributed by atoms with Gasteiger partial charge in [-0.15, -0.1) is 0 Å². The summed E-state index contributed by atoms with van der Waals surface area (Å²) >= 11 is 0. The van der Waals surface area contributed by atoms with Gasteiger partial charge in [-0.3, -0.25) is 9.59 Å². The number of cyclic esters (lactones) is 1. The average molecular weight is 252 g/mol. The van der Waals surface area contributed by atoms with Crippen molar-refractivity contribution < 1.29 is 19.4 Å². The summed E-state index contributed by atoms with van der Waals surface area (Å²) in [5.74, 6) is -0.820. The van der Waals surface area contributed by atoms with Crippen LogP contribution in [0.3, 0.4) is 0 Å². The molecule has 2 rings (SSSR count). The van der Waals surface area contributed by atoms with Crippen LogP contribution in [0.5, 0.6) is 0 Å². The summed E-state index contributed by atoms with van der Waals surface area (Å²) in [6.45, 7) is 1.89. The molecule has 4 heteroatoms. The predicted octanol–water partition coefficient (Wildman–Crippen LogP) is 1.61. The van der Waals surface area contributed by atoms with Crippen LogP contribution in [0.4, 0.5) is 0 Å². The van der Waals surface area contributed by atoms with Crippen LogP contribution in [0.15, 0.2) is 12.2 Å². The molecular formula is C14H20O4. The van der Waals surface area contributed by atoms with Crippen LogP contribution >= 0.6 is 0 Å². The number of esters is 1. The van der Waals surface area contributed by atoms with Crippen LogP contribution in [0.1, 0.15) is 39.0 Å². The number of allylic oxidation sites excluding steroid dienone is 1. The molecule has 1 aliphatic heterocycles. The van der Waals surface area contributed by atoms with Crippen molar-refractivity contribution in [2.45, 2.75) is 51.2 Å². The second-order valence-corrected chi connectivity index (χ2v) is 5.31. The molecule has 0 radical (unpaired) electrons. The third-order valence-corrected chi connectivity index (χ3v) is 3.89. The minimum absolute atomic E-state index is 0.0340. The number of carbonyl (C=O) groups excluding carboxylic acids is 2. The van der Waals surface area contributed by atoms with E-state index in [9.17, 15) is 14.7 Å². The number of hydrogen-bond donors (Lipinski definition) is 1. The highest BCUT2D eigenvalue weighted by atomic mass is 16.5. The van der Waals surface area contributed by atoms with Crippen molar-refractivity contribution in [1.29, 1.82) is 0 Å². The third-order valence-electron chi connectivity index (χ3n) is 3.89. The molecule has 0 amide bonds. The molecule has 1 fully saturated rings. The highest BCUT2D eigenvalue weighted by molar-refractivity contribution is 5.93. The van der Waals surface area contributed by atoms with E-state index in [0.29, 0.717) is 0 Å². The van der Waals surface area contributed by atoms with Crippen LogP contribution in [-0.4, -0.2) is 29.1 Å². The van der Waals surface area contributed by atoms with Gasteiger partial charge >= 0.3 is 5.97 Å². The van der Waals surface area contributed by atoms with Gasteiger partial charge in [-0.05, 0) is 32.3 Å². The standard InChI is InChI=1S/C14H20O4/c1-9-4-2-3-5-10-11(8-14(17)18-9)13(16)7-6-12(10)15/h6-7,9-11,13,16H,2-5,8H2,1H3/t9?,10-,11+,13-/m0/s1. The molecule has 1 N–H and O–H groups in total. The maximum atomic E-state index is 11.9. The van der Waals surface area contributed by atoms with E-state index in [1.54, 1.807) is 0 Å². The first-order valence-corrected chi connectivity index (χ1v) is 6.67. The fraction of sp³-hybridized carbons (Fsp3) is 0.714. The Kier molecular flexibility index (Phi) is 4.17. The van der Waals surface area contributed by atoms with Crippen molar-refractivity contribution >= 4 is 11.8 Å². The zero-order valence-electron chi connectivity index (χ0n) is 10.7. The van der Waals surface area contributed by atoms with Crippen LogP contribution < -0.4 is 0 Å². The molecule has 1 saturated heterocycles. The van der Waals surface area contributed by atoms with Gasteiger partial charge in [-0.1, -0.05) is 12.5 Å². The highest BCUT2D eigenvalue weighted by Crippen LogP contribution is 2.32. The summed E-state index contributed by atoms with van der Waals surface area (Å²) in [6.07, 6.45) is 5.78. The van der Waals surface area contributed by atoms with E-state index in [1.165, 1.54) is 12.2 Å². The van der Waals surface area contributed by atoms with Gasteiger partial charge in [0.2, 0.25) is 0 Å². The Balaban J connectivity index is 2.15. The van der Waals surface area contributed by atoms with Crippen molar-refractivity contribution in [2.24, 2.45) is 11.8 Å². The summed E-state index contributed by atoms with van der Waals surface area (Å²) in [7, 11) is 0. The van der Waals surface area contributed by atoms with Crippen molar-refractivity contribution in [1.82, 2.24) is 0 Å². The number of ether oxygens (including phenoxy) is 1. The van der Waals surface area contributed by atoms with E-state index in [2.05, 4.69) is 0 Å². The predicted molar refractivity (Wildman–Crippen MR) is 65.8 cm³/mol. The zero-order chi connectivity index (χ0) is 13.1. The Morgan fingerprint density at radius 3 is 2.78 bits per heavy atom. The Labute approximate surface area is 107 Å². The second-order valence-electron chi connectivity index (χ2n) is 5.31.